The fourth-order valence-corrected chi connectivity index (χ4v) is 4.97. The first kappa shape index (κ1) is 26.4. The van der Waals surface area contributed by atoms with Crippen LogP contribution in [0.15, 0.2) is 42.6 Å². The van der Waals surface area contributed by atoms with E-state index in [1.54, 1.807) is 6.92 Å². The smallest absolute Gasteiger partial charge is 0.257 e. The minimum Gasteiger partial charge on any atom is -0.384 e. The Labute approximate surface area is 228 Å². The molecule has 1 fully saturated rings. The maximum Gasteiger partial charge on any atom is 0.257 e. The van der Waals surface area contributed by atoms with Crippen LogP contribution >= 0.6 is 0 Å². The lowest BCUT2D eigenvalue weighted by atomic mass is 9.84. The summed E-state index contributed by atoms with van der Waals surface area (Å²) in [7, 11) is 2.14. The summed E-state index contributed by atoms with van der Waals surface area (Å²) in [6.07, 6.45) is 9.20. The first-order valence-electron chi connectivity index (χ1n) is 13.2. The van der Waals surface area contributed by atoms with Gasteiger partial charge in [-0.3, -0.25) is 4.79 Å². The van der Waals surface area contributed by atoms with Gasteiger partial charge in [0, 0.05) is 43.8 Å². The number of likely N-dealkylation sites (N-methyl/N-ethyl adjacent to an activating group) is 1. The minimum absolute atomic E-state index is 0.0812. The van der Waals surface area contributed by atoms with Crippen molar-refractivity contribution >= 4 is 34.9 Å². The number of fused-ring (bicyclic) bond motifs is 1. The average Bonchev–Trinajstić information content (AvgIpc) is 2.93. The van der Waals surface area contributed by atoms with Crippen molar-refractivity contribution in [2.75, 3.05) is 55.3 Å². The number of anilines is 5. The Morgan fingerprint density at radius 3 is 2.62 bits per heavy atom. The summed E-state index contributed by atoms with van der Waals surface area (Å²) < 4.78 is 0. The lowest BCUT2D eigenvalue weighted by Crippen LogP contribution is -2.44. The Morgan fingerprint density at radius 1 is 1.10 bits per heavy atom. The number of carbonyl (C=O) groups is 1. The van der Waals surface area contributed by atoms with Gasteiger partial charge in [0.2, 0.25) is 5.95 Å². The number of benzene rings is 1. The van der Waals surface area contributed by atoms with Crippen LogP contribution in [-0.2, 0) is 12.0 Å². The van der Waals surface area contributed by atoms with E-state index in [-0.39, 0.29) is 17.9 Å². The van der Waals surface area contributed by atoms with Gasteiger partial charge in [-0.15, -0.1) is 6.42 Å². The van der Waals surface area contributed by atoms with Crippen molar-refractivity contribution in [1.29, 1.82) is 0 Å². The summed E-state index contributed by atoms with van der Waals surface area (Å²) in [5, 5.41) is 19.9. The summed E-state index contributed by atoms with van der Waals surface area (Å²) in [6.45, 7) is 5.94. The van der Waals surface area contributed by atoms with Crippen molar-refractivity contribution < 1.29 is 9.90 Å². The summed E-state index contributed by atoms with van der Waals surface area (Å²) >= 11 is 0. The van der Waals surface area contributed by atoms with Crippen molar-refractivity contribution in [2.24, 2.45) is 0 Å². The van der Waals surface area contributed by atoms with Gasteiger partial charge in [0.25, 0.3) is 5.91 Å². The molecule has 0 bridgehead atoms. The van der Waals surface area contributed by atoms with Gasteiger partial charge < -0.3 is 30.9 Å². The number of aryl methyl sites for hydroxylation is 1. The molecule has 2 aromatic heterocycles. The Morgan fingerprint density at radius 2 is 1.87 bits per heavy atom. The van der Waals surface area contributed by atoms with E-state index in [0.717, 1.165) is 50.3 Å². The van der Waals surface area contributed by atoms with Crippen LogP contribution in [0.1, 0.15) is 41.4 Å². The fourth-order valence-electron chi connectivity index (χ4n) is 4.97. The topological polar surface area (TPSA) is 119 Å². The molecule has 0 spiro atoms. The van der Waals surface area contributed by atoms with E-state index in [4.69, 9.17) is 6.42 Å². The average molecular weight is 527 g/mol. The zero-order chi connectivity index (χ0) is 27.4. The quantitative estimate of drug-likeness (QED) is 0.345. The number of hydrogen-bond acceptors (Lipinski definition) is 9. The molecule has 1 aliphatic carbocycles. The van der Waals surface area contributed by atoms with Crippen LogP contribution < -0.4 is 20.9 Å². The Bertz CT molecular complexity index is 1380. The van der Waals surface area contributed by atoms with Gasteiger partial charge in [0.15, 0.2) is 0 Å². The van der Waals surface area contributed by atoms with E-state index in [0.29, 0.717) is 23.9 Å². The van der Waals surface area contributed by atoms with E-state index in [9.17, 15) is 9.90 Å². The molecule has 10 heteroatoms. The maximum atomic E-state index is 12.8. The lowest BCUT2D eigenvalue weighted by Gasteiger charge is -2.34. The van der Waals surface area contributed by atoms with E-state index in [1.807, 2.05) is 24.3 Å². The van der Waals surface area contributed by atoms with Crippen LogP contribution in [0.3, 0.4) is 0 Å². The molecular formula is C29H34N8O2. The molecule has 1 saturated heterocycles. The third-order valence-electron chi connectivity index (χ3n) is 7.22. The van der Waals surface area contributed by atoms with Crippen LogP contribution in [-0.4, -0.2) is 70.6 Å². The van der Waals surface area contributed by atoms with Gasteiger partial charge in [0.1, 0.15) is 22.8 Å². The van der Waals surface area contributed by atoms with Crippen LogP contribution in [0.5, 0.6) is 0 Å². The van der Waals surface area contributed by atoms with Gasteiger partial charge in [-0.1, -0.05) is 12.0 Å². The number of nitrogens with one attached hydrogen (secondary N) is 3. The van der Waals surface area contributed by atoms with Crippen LogP contribution in [0.25, 0.3) is 0 Å². The number of hydrogen-bond donors (Lipinski definition) is 4. The lowest BCUT2D eigenvalue weighted by molar-refractivity contribution is 0.0341. The molecular weight excluding hydrogens is 492 g/mol. The van der Waals surface area contributed by atoms with E-state index < -0.39 is 11.5 Å². The first-order chi connectivity index (χ1) is 18.8. The summed E-state index contributed by atoms with van der Waals surface area (Å²) in [4.78, 5) is 31.2. The number of carbonyl (C=O) groups excluding carboxylic acids is 1. The van der Waals surface area contributed by atoms with E-state index in [1.165, 1.54) is 11.9 Å². The van der Waals surface area contributed by atoms with Crippen LogP contribution in [0.2, 0.25) is 0 Å². The monoisotopic (exact) mass is 526 g/mol. The molecule has 1 aliphatic heterocycles. The molecule has 0 saturated carbocycles. The highest BCUT2D eigenvalue weighted by atomic mass is 16.3. The molecule has 1 aromatic carbocycles. The molecule has 202 valence electrons. The number of terminal acetylenes is 1. The standard InChI is InChI=1S/C29H34N8O2/c1-4-14-30-27(38)23-19-31-28(32-21-8-10-22(11-9-21)37-17-15-36(3)16-18-37)35-26(23)34-24-12-7-20-6-5-13-29(2,39)25(20)33-24/h1,7-12,19,39H,5-6,13-18H2,2-3H3,(H,30,38)(H2,31,32,33,34,35)/t29-/m0/s1. The van der Waals surface area contributed by atoms with Gasteiger partial charge in [0.05, 0.1) is 12.2 Å². The number of piperazine rings is 1. The van der Waals surface area contributed by atoms with Gasteiger partial charge >= 0.3 is 0 Å². The molecule has 4 N–H and O–H groups in total. The number of aromatic nitrogens is 3. The highest BCUT2D eigenvalue weighted by Crippen LogP contribution is 2.34. The highest BCUT2D eigenvalue weighted by molar-refractivity contribution is 5.99. The van der Waals surface area contributed by atoms with Crippen molar-refractivity contribution in [1.82, 2.24) is 25.2 Å². The summed E-state index contributed by atoms with van der Waals surface area (Å²) in [5.74, 6) is 3.08. The van der Waals surface area contributed by atoms with Crippen molar-refractivity contribution in [2.45, 2.75) is 31.8 Å². The van der Waals surface area contributed by atoms with Crippen LogP contribution in [0.4, 0.5) is 29.0 Å². The van der Waals surface area contributed by atoms with E-state index in [2.05, 4.69) is 65.8 Å². The second-order valence-electron chi connectivity index (χ2n) is 10.3. The number of amides is 1. The summed E-state index contributed by atoms with van der Waals surface area (Å²) in [6, 6.07) is 11.9. The Balaban J connectivity index is 1.38. The van der Waals surface area contributed by atoms with Crippen LogP contribution in [0, 0.1) is 12.3 Å². The highest BCUT2D eigenvalue weighted by Gasteiger charge is 2.31. The second-order valence-corrected chi connectivity index (χ2v) is 10.3. The Hall–Kier alpha value is -4.20. The molecule has 2 aliphatic rings. The number of pyridine rings is 1. The number of aliphatic hydroxyl groups is 1. The van der Waals surface area contributed by atoms with Crippen molar-refractivity contribution in [3.05, 3.63) is 59.4 Å². The number of nitrogens with zero attached hydrogens (tertiary/aromatic N) is 5. The minimum atomic E-state index is -1.01. The first-order valence-corrected chi connectivity index (χ1v) is 13.2. The van der Waals surface area contributed by atoms with Gasteiger partial charge in [-0.25, -0.2) is 9.97 Å². The zero-order valence-electron chi connectivity index (χ0n) is 22.4. The maximum absolute atomic E-state index is 12.8. The molecule has 1 amide bonds. The fraction of sp³-hybridized carbons (Fsp3) is 0.379. The number of rotatable bonds is 7. The van der Waals surface area contributed by atoms with Gasteiger partial charge in [-0.2, -0.15) is 4.98 Å². The van der Waals surface area contributed by atoms with Gasteiger partial charge in [-0.05, 0) is 69.1 Å². The molecule has 1 atom stereocenters. The second kappa shape index (κ2) is 11.3. The molecule has 10 nitrogen and oxygen atoms in total. The molecule has 39 heavy (non-hydrogen) atoms. The zero-order valence-corrected chi connectivity index (χ0v) is 22.4. The molecule has 3 heterocycles. The van der Waals surface area contributed by atoms with Crippen molar-refractivity contribution in [3.8, 4) is 12.3 Å². The largest absolute Gasteiger partial charge is 0.384 e. The predicted octanol–water partition coefficient (Wildman–Crippen LogP) is 3.02. The molecule has 5 rings (SSSR count). The van der Waals surface area contributed by atoms with E-state index >= 15 is 0 Å². The normalized spacial score (nSPS) is 19.1. The molecule has 3 aromatic rings. The molecule has 0 radical (unpaired) electrons. The predicted molar refractivity (Wildman–Crippen MR) is 153 cm³/mol. The van der Waals surface area contributed by atoms with Crippen molar-refractivity contribution in [3.63, 3.8) is 0 Å². The third-order valence-corrected chi connectivity index (χ3v) is 7.22. The summed E-state index contributed by atoms with van der Waals surface area (Å²) in [5.41, 5.74) is 2.89. The third kappa shape index (κ3) is 6.11. The Kier molecular flexibility index (Phi) is 7.63. The SMILES string of the molecule is C#CCNC(=O)c1cnc(Nc2ccc(N3CCN(C)CC3)cc2)nc1Nc1ccc2c(n1)[C@@](C)(O)CCC2. The molecule has 0 unspecified atom stereocenters.